The Balaban J connectivity index is 0.000000671. The van der Waals surface area contributed by atoms with E-state index in [2.05, 4.69) is 14.8 Å². The molecule has 7 heteroatoms. The molecule has 1 atom stereocenters. The molecule has 1 N–H and O–H groups in total. The van der Waals surface area contributed by atoms with Gasteiger partial charge in [0.15, 0.2) is 21.8 Å². The lowest BCUT2D eigenvalue weighted by atomic mass is 10.1. The topological polar surface area (TPSA) is 64.7 Å². The van der Waals surface area contributed by atoms with Crippen LogP contribution in [0.4, 0.5) is 5.82 Å². The van der Waals surface area contributed by atoms with Gasteiger partial charge in [-0.05, 0) is 18.6 Å². The van der Waals surface area contributed by atoms with Gasteiger partial charge in [0.25, 0.3) is 0 Å². The zero-order valence-electron chi connectivity index (χ0n) is 15.5. The van der Waals surface area contributed by atoms with Crippen molar-refractivity contribution < 1.29 is 4.21 Å². The first-order chi connectivity index (χ1) is 11.6. The smallest absolute Gasteiger partial charge is 0.172 e. The van der Waals surface area contributed by atoms with Gasteiger partial charge >= 0.3 is 0 Å². The van der Waals surface area contributed by atoms with Crippen LogP contribution in [-0.4, -0.2) is 23.5 Å². The number of nitrogens with one attached hydrogen (secondary N) is 1. The Morgan fingerprint density at radius 2 is 1.79 bits per heavy atom. The summed E-state index contributed by atoms with van der Waals surface area (Å²) in [6.45, 7) is 10.0. The average Bonchev–Trinajstić information content (AvgIpc) is 3.16. The van der Waals surface area contributed by atoms with Crippen molar-refractivity contribution in [1.82, 2.24) is 19.3 Å². The van der Waals surface area contributed by atoms with Gasteiger partial charge in [-0.2, -0.15) is 5.10 Å². The molecule has 2 aromatic heterocycles. The van der Waals surface area contributed by atoms with E-state index in [-0.39, 0.29) is 0 Å². The van der Waals surface area contributed by atoms with Gasteiger partial charge in [0.05, 0.1) is 11.8 Å². The molecule has 24 heavy (non-hydrogen) atoms. The number of hydrogen-bond donors (Lipinski definition) is 1. The Bertz CT molecular complexity index is 807. The highest BCUT2D eigenvalue weighted by Crippen LogP contribution is 2.25. The number of hydrogen-bond acceptors (Lipinski definition) is 3. The van der Waals surface area contributed by atoms with Gasteiger partial charge in [0, 0.05) is 25.7 Å². The standard InChI is InChI=1S/C13H15N5OS.2C2H6/c1-9-5-4-6-10-12(9)18(3)15-13(10)16-20(19)11-7-17(2)8-14-11;2*1-2/h4-8H,1-3H3,(H,15,16);2*1-2H3. The lowest BCUT2D eigenvalue weighted by Gasteiger charge is -2.00. The van der Waals surface area contributed by atoms with Crippen molar-refractivity contribution in [3.8, 4) is 0 Å². The molecule has 0 aliphatic rings. The predicted molar refractivity (Wildman–Crippen MR) is 101 cm³/mol. The summed E-state index contributed by atoms with van der Waals surface area (Å²) in [5.41, 5.74) is 2.17. The highest BCUT2D eigenvalue weighted by Gasteiger charge is 2.14. The number of anilines is 1. The fourth-order valence-corrected chi connectivity index (χ4v) is 3.07. The van der Waals surface area contributed by atoms with Crippen LogP contribution < -0.4 is 4.72 Å². The van der Waals surface area contributed by atoms with E-state index in [1.807, 2.05) is 66.9 Å². The molecule has 3 aromatic rings. The van der Waals surface area contributed by atoms with E-state index in [9.17, 15) is 4.21 Å². The number of aromatic nitrogens is 4. The number of fused-ring (bicyclic) bond motifs is 1. The first-order valence-corrected chi connectivity index (χ1v) is 9.30. The van der Waals surface area contributed by atoms with Gasteiger partial charge in [-0.15, -0.1) is 0 Å². The fourth-order valence-electron chi connectivity index (χ4n) is 2.23. The van der Waals surface area contributed by atoms with Crippen LogP contribution in [0.25, 0.3) is 10.9 Å². The molecular formula is C17H27N5OS. The number of benzene rings is 1. The van der Waals surface area contributed by atoms with Gasteiger partial charge < -0.3 is 4.57 Å². The fraction of sp³-hybridized carbons (Fsp3) is 0.412. The minimum Gasteiger partial charge on any atom is -0.339 e. The number of para-hydroxylation sites is 1. The summed E-state index contributed by atoms with van der Waals surface area (Å²) in [5.74, 6) is 0.607. The molecule has 6 nitrogen and oxygen atoms in total. The molecule has 0 fully saturated rings. The van der Waals surface area contributed by atoms with Crippen molar-refractivity contribution in [2.45, 2.75) is 39.6 Å². The molecule has 0 radical (unpaired) electrons. The van der Waals surface area contributed by atoms with E-state index in [1.165, 1.54) is 0 Å². The molecule has 0 bridgehead atoms. The summed E-state index contributed by atoms with van der Waals surface area (Å²) in [5, 5.41) is 5.84. The third-order valence-corrected chi connectivity index (χ3v) is 4.10. The van der Waals surface area contributed by atoms with Crippen molar-refractivity contribution in [2.75, 3.05) is 4.72 Å². The lowest BCUT2D eigenvalue weighted by Crippen LogP contribution is -2.06. The van der Waals surface area contributed by atoms with Crippen LogP contribution in [0.15, 0.2) is 35.7 Å². The highest BCUT2D eigenvalue weighted by molar-refractivity contribution is 7.86. The second kappa shape index (κ2) is 9.22. The summed E-state index contributed by atoms with van der Waals surface area (Å²) in [6.07, 6.45) is 3.34. The molecule has 1 aromatic carbocycles. The van der Waals surface area contributed by atoms with Crippen LogP contribution in [0.2, 0.25) is 0 Å². The second-order valence-corrected chi connectivity index (χ2v) is 5.85. The van der Waals surface area contributed by atoms with Crippen LogP contribution >= 0.6 is 0 Å². The summed E-state index contributed by atoms with van der Waals surface area (Å²) in [7, 11) is 2.30. The largest absolute Gasteiger partial charge is 0.339 e. The molecule has 132 valence electrons. The van der Waals surface area contributed by atoms with Crippen LogP contribution in [-0.2, 0) is 25.1 Å². The molecule has 2 heterocycles. The Hall–Kier alpha value is -2.15. The SMILES string of the molecule is CC.CC.Cc1cccc2c(NS(=O)c3cn(C)cn3)nn(C)c12. The quantitative estimate of drug-likeness (QED) is 0.782. The minimum atomic E-state index is -1.42. The van der Waals surface area contributed by atoms with E-state index in [1.54, 1.807) is 21.8 Å². The summed E-state index contributed by atoms with van der Waals surface area (Å²) < 4.78 is 18.7. The number of imidazole rings is 1. The lowest BCUT2D eigenvalue weighted by molar-refractivity contribution is 0.683. The Labute approximate surface area is 146 Å². The Kier molecular flexibility index (Phi) is 7.64. The molecule has 0 aliphatic carbocycles. The molecule has 0 spiro atoms. The summed E-state index contributed by atoms with van der Waals surface area (Å²) in [4.78, 5) is 4.08. The predicted octanol–water partition coefficient (Wildman–Crippen LogP) is 3.80. The first kappa shape index (κ1) is 19.9. The van der Waals surface area contributed by atoms with Gasteiger partial charge in [-0.1, -0.05) is 39.8 Å². The zero-order chi connectivity index (χ0) is 18.3. The number of rotatable bonds is 3. The molecule has 0 aliphatic heterocycles. The molecule has 0 amide bonds. The highest BCUT2D eigenvalue weighted by atomic mass is 32.2. The van der Waals surface area contributed by atoms with Gasteiger partial charge in [0.1, 0.15) is 0 Å². The summed E-state index contributed by atoms with van der Waals surface area (Å²) >= 11 is 0. The Morgan fingerprint density at radius 1 is 1.12 bits per heavy atom. The van der Waals surface area contributed by atoms with Crippen molar-refractivity contribution in [1.29, 1.82) is 0 Å². The normalized spacial score (nSPS) is 11.1. The van der Waals surface area contributed by atoms with Crippen LogP contribution in [0.3, 0.4) is 0 Å². The molecular weight excluding hydrogens is 322 g/mol. The average molecular weight is 350 g/mol. The molecule has 0 saturated heterocycles. The van der Waals surface area contributed by atoms with Gasteiger partial charge in [-0.25, -0.2) is 9.19 Å². The minimum absolute atomic E-state index is 0.485. The molecule has 0 saturated carbocycles. The maximum atomic E-state index is 12.2. The monoisotopic (exact) mass is 349 g/mol. The van der Waals surface area contributed by atoms with Gasteiger partial charge in [-0.3, -0.25) is 9.40 Å². The van der Waals surface area contributed by atoms with Crippen LogP contribution in [0.1, 0.15) is 33.3 Å². The van der Waals surface area contributed by atoms with E-state index in [0.717, 1.165) is 16.5 Å². The van der Waals surface area contributed by atoms with Crippen molar-refractivity contribution in [3.05, 3.63) is 36.3 Å². The number of nitrogens with zero attached hydrogens (tertiary/aromatic N) is 4. The van der Waals surface area contributed by atoms with Crippen LogP contribution in [0.5, 0.6) is 0 Å². The van der Waals surface area contributed by atoms with Crippen molar-refractivity contribution in [3.63, 3.8) is 0 Å². The van der Waals surface area contributed by atoms with Gasteiger partial charge in [0.2, 0.25) is 0 Å². The van der Waals surface area contributed by atoms with Crippen LogP contribution in [0, 0.1) is 6.92 Å². The maximum absolute atomic E-state index is 12.2. The maximum Gasteiger partial charge on any atom is 0.172 e. The van der Waals surface area contributed by atoms with E-state index >= 15 is 0 Å². The summed E-state index contributed by atoms with van der Waals surface area (Å²) in [6, 6.07) is 5.96. The molecule has 3 rings (SSSR count). The Morgan fingerprint density at radius 3 is 2.38 bits per heavy atom. The van der Waals surface area contributed by atoms with Crippen molar-refractivity contribution in [2.24, 2.45) is 14.1 Å². The molecule has 1 unspecified atom stereocenters. The van der Waals surface area contributed by atoms with Crippen molar-refractivity contribution >= 4 is 27.7 Å². The number of aryl methyl sites for hydroxylation is 3. The van der Waals surface area contributed by atoms with E-state index in [4.69, 9.17) is 0 Å². The third kappa shape index (κ3) is 4.23. The van der Waals surface area contributed by atoms with E-state index < -0.39 is 11.0 Å². The second-order valence-electron chi connectivity index (χ2n) is 4.69. The van der Waals surface area contributed by atoms with E-state index in [0.29, 0.717) is 10.8 Å². The first-order valence-electron chi connectivity index (χ1n) is 8.15. The zero-order valence-corrected chi connectivity index (χ0v) is 16.3. The third-order valence-electron chi connectivity index (χ3n) is 3.13.